The first-order valence-corrected chi connectivity index (χ1v) is 11.2. The summed E-state index contributed by atoms with van der Waals surface area (Å²) in [5.41, 5.74) is 0. The number of ether oxygens (including phenoxy) is 2. The molecule has 23 heavy (non-hydrogen) atoms. The van der Waals surface area contributed by atoms with Crippen LogP contribution in [0.25, 0.3) is 0 Å². The van der Waals surface area contributed by atoms with Gasteiger partial charge in [-0.3, -0.25) is 8.37 Å². The number of halogens is 2. The van der Waals surface area contributed by atoms with Crippen LogP contribution in [0.3, 0.4) is 0 Å². The molecule has 0 bridgehead atoms. The Bertz CT molecular complexity index is 552. The van der Waals surface area contributed by atoms with Crippen LogP contribution in [-0.2, 0) is 38.1 Å². The standard InChI is InChI=1S/C11H20Cl2O8S2/c1-11(2)18-9(7(5-12)20-22(3,14)15)10(19-11)8(6-13)21-23(4,16)17/h7-10H,5-6H2,1-4H3. The van der Waals surface area contributed by atoms with Gasteiger partial charge in [0.05, 0.1) is 24.3 Å². The molecule has 0 aromatic heterocycles. The second-order valence-corrected chi connectivity index (χ2v) is 9.37. The fraction of sp³-hybridized carbons (Fsp3) is 1.00. The molecule has 0 N–H and O–H groups in total. The molecule has 0 aliphatic carbocycles. The minimum atomic E-state index is -3.81. The first-order valence-electron chi connectivity index (χ1n) is 6.52. The lowest BCUT2D eigenvalue weighted by Crippen LogP contribution is -2.47. The highest BCUT2D eigenvalue weighted by Crippen LogP contribution is 2.35. The van der Waals surface area contributed by atoms with Gasteiger partial charge in [0.15, 0.2) is 5.79 Å². The monoisotopic (exact) mass is 414 g/mol. The van der Waals surface area contributed by atoms with Crippen molar-refractivity contribution in [3.05, 3.63) is 0 Å². The van der Waals surface area contributed by atoms with Crippen molar-refractivity contribution in [1.29, 1.82) is 0 Å². The van der Waals surface area contributed by atoms with Crippen molar-refractivity contribution in [2.75, 3.05) is 24.3 Å². The summed E-state index contributed by atoms with van der Waals surface area (Å²) in [6.07, 6.45) is -2.41. The molecule has 12 heteroatoms. The number of hydrogen-bond acceptors (Lipinski definition) is 8. The van der Waals surface area contributed by atoms with E-state index in [1.807, 2.05) is 0 Å². The third-order valence-corrected chi connectivity index (χ3v) is 4.60. The van der Waals surface area contributed by atoms with Crippen molar-refractivity contribution in [3.8, 4) is 0 Å². The molecule has 1 fully saturated rings. The summed E-state index contributed by atoms with van der Waals surface area (Å²) in [7, 11) is -7.63. The molecule has 0 aromatic carbocycles. The Morgan fingerprint density at radius 2 is 1.22 bits per heavy atom. The van der Waals surface area contributed by atoms with E-state index < -0.39 is 50.4 Å². The lowest BCUT2D eigenvalue weighted by Gasteiger charge is -2.27. The highest BCUT2D eigenvalue weighted by atomic mass is 35.5. The van der Waals surface area contributed by atoms with Crippen LogP contribution in [0.5, 0.6) is 0 Å². The van der Waals surface area contributed by atoms with Crippen molar-refractivity contribution in [3.63, 3.8) is 0 Å². The molecular formula is C11H20Cl2O8S2. The van der Waals surface area contributed by atoms with E-state index in [0.29, 0.717) is 0 Å². The first-order chi connectivity index (χ1) is 10.3. The van der Waals surface area contributed by atoms with E-state index >= 15 is 0 Å². The highest BCUT2D eigenvalue weighted by molar-refractivity contribution is 7.86. The SMILES string of the molecule is CC1(C)OC(C(CCl)OS(C)(=O)=O)C(C(CCl)OS(C)(=O)=O)O1. The molecule has 8 nitrogen and oxygen atoms in total. The van der Waals surface area contributed by atoms with E-state index in [4.69, 9.17) is 41.0 Å². The van der Waals surface area contributed by atoms with Crippen molar-refractivity contribution < 1.29 is 34.7 Å². The van der Waals surface area contributed by atoms with E-state index in [0.717, 1.165) is 12.5 Å². The van der Waals surface area contributed by atoms with Crippen molar-refractivity contribution in [1.82, 2.24) is 0 Å². The quantitative estimate of drug-likeness (QED) is 0.421. The second kappa shape index (κ2) is 7.69. The molecule has 1 aliphatic rings. The van der Waals surface area contributed by atoms with Gasteiger partial charge >= 0.3 is 0 Å². The molecule has 138 valence electrons. The van der Waals surface area contributed by atoms with Gasteiger partial charge in [0.1, 0.15) is 24.4 Å². The van der Waals surface area contributed by atoms with Gasteiger partial charge in [0, 0.05) is 0 Å². The van der Waals surface area contributed by atoms with Crippen LogP contribution in [0, 0.1) is 0 Å². The van der Waals surface area contributed by atoms with Gasteiger partial charge in [-0.1, -0.05) is 0 Å². The molecule has 1 aliphatic heterocycles. The summed E-state index contributed by atoms with van der Waals surface area (Å²) >= 11 is 11.6. The molecule has 0 aromatic rings. The Balaban J connectivity index is 3.10. The molecule has 0 saturated carbocycles. The normalized spacial score (nSPS) is 27.7. The highest BCUT2D eigenvalue weighted by Gasteiger charge is 2.50. The maximum absolute atomic E-state index is 11.4. The summed E-state index contributed by atoms with van der Waals surface area (Å²) in [5.74, 6) is -1.56. The van der Waals surface area contributed by atoms with E-state index in [1.165, 1.54) is 0 Å². The Kier molecular flexibility index (Phi) is 7.14. The second-order valence-electron chi connectivity index (χ2n) is 5.55. The van der Waals surface area contributed by atoms with E-state index in [1.54, 1.807) is 13.8 Å². The average molecular weight is 415 g/mol. The lowest BCUT2D eigenvalue weighted by atomic mass is 10.1. The molecular weight excluding hydrogens is 395 g/mol. The average Bonchev–Trinajstić information content (AvgIpc) is 2.67. The number of rotatable bonds is 8. The summed E-state index contributed by atoms with van der Waals surface area (Å²) in [6.45, 7) is 3.16. The van der Waals surface area contributed by atoms with Gasteiger partial charge in [-0.25, -0.2) is 0 Å². The zero-order valence-corrected chi connectivity index (χ0v) is 16.2. The van der Waals surface area contributed by atoms with Gasteiger partial charge in [0.2, 0.25) is 0 Å². The third-order valence-electron chi connectivity index (χ3n) is 2.80. The fourth-order valence-corrected chi connectivity index (χ4v) is 4.06. The molecule has 0 amide bonds. The topological polar surface area (TPSA) is 105 Å². The smallest absolute Gasteiger partial charge is 0.264 e. The van der Waals surface area contributed by atoms with E-state index in [-0.39, 0.29) is 11.8 Å². The van der Waals surface area contributed by atoms with Crippen LogP contribution in [0.2, 0.25) is 0 Å². The van der Waals surface area contributed by atoms with Crippen LogP contribution < -0.4 is 0 Å². The summed E-state index contributed by atoms with van der Waals surface area (Å²) in [4.78, 5) is 0. The van der Waals surface area contributed by atoms with Crippen LogP contribution in [0.1, 0.15) is 13.8 Å². The van der Waals surface area contributed by atoms with Gasteiger partial charge in [0.25, 0.3) is 20.2 Å². The van der Waals surface area contributed by atoms with Crippen LogP contribution >= 0.6 is 23.2 Å². The molecule has 4 unspecified atom stereocenters. The maximum Gasteiger partial charge on any atom is 0.264 e. The molecule has 1 heterocycles. The van der Waals surface area contributed by atoms with Crippen LogP contribution in [0.4, 0.5) is 0 Å². The third kappa shape index (κ3) is 6.99. The van der Waals surface area contributed by atoms with E-state index in [9.17, 15) is 16.8 Å². The molecule has 0 radical (unpaired) electrons. The summed E-state index contributed by atoms with van der Waals surface area (Å²) in [5, 5.41) is 0. The van der Waals surface area contributed by atoms with Gasteiger partial charge in [-0.05, 0) is 13.8 Å². The maximum atomic E-state index is 11.4. The molecule has 4 atom stereocenters. The van der Waals surface area contributed by atoms with Crippen molar-refractivity contribution in [2.24, 2.45) is 0 Å². The Labute approximate surface area is 146 Å². The van der Waals surface area contributed by atoms with Gasteiger partial charge in [-0.2, -0.15) is 16.8 Å². The zero-order valence-electron chi connectivity index (χ0n) is 13.1. The number of alkyl halides is 2. The van der Waals surface area contributed by atoms with Gasteiger partial charge in [-0.15, -0.1) is 23.2 Å². The fourth-order valence-electron chi connectivity index (χ4n) is 2.18. The first kappa shape index (κ1) is 21.4. The zero-order chi connectivity index (χ0) is 18.1. The van der Waals surface area contributed by atoms with Crippen LogP contribution in [0.15, 0.2) is 0 Å². The predicted molar refractivity (Wildman–Crippen MR) is 84.7 cm³/mol. The van der Waals surface area contributed by atoms with Crippen molar-refractivity contribution >= 4 is 43.4 Å². The van der Waals surface area contributed by atoms with Crippen LogP contribution in [-0.4, -0.2) is 71.3 Å². The Morgan fingerprint density at radius 1 is 0.913 bits per heavy atom. The largest absolute Gasteiger partial charge is 0.342 e. The Morgan fingerprint density at radius 3 is 1.43 bits per heavy atom. The molecule has 1 saturated heterocycles. The minimum absolute atomic E-state index is 0.221. The predicted octanol–water partition coefficient (Wildman–Crippen LogP) is 0.674. The van der Waals surface area contributed by atoms with Crippen molar-refractivity contribution in [2.45, 2.75) is 44.1 Å². The van der Waals surface area contributed by atoms with Gasteiger partial charge < -0.3 is 9.47 Å². The molecule has 0 spiro atoms. The number of hydrogen-bond donors (Lipinski definition) is 0. The summed E-state index contributed by atoms with van der Waals surface area (Å²) in [6, 6.07) is 0. The Hall–Kier alpha value is 0.320. The van der Waals surface area contributed by atoms with E-state index in [2.05, 4.69) is 0 Å². The molecule has 1 rings (SSSR count). The minimum Gasteiger partial charge on any atom is -0.342 e. The summed E-state index contributed by atoms with van der Waals surface area (Å²) < 4.78 is 66.5. The lowest BCUT2D eigenvalue weighted by molar-refractivity contribution is -0.156.